The number of hydrogen-bond donors (Lipinski definition) is 0. The molecule has 1 saturated heterocycles. The lowest BCUT2D eigenvalue weighted by Crippen LogP contribution is -2.43. The van der Waals surface area contributed by atoms with Crippen LogP contribution in [-0.2, 0) is 0 Å². The summed E-state index contributed by atoms with van der Waals surface area (Å²) in [5.41, 5.74) is 1.84. The van der Waals surface area contributed by atoms with Gasteiger partial charge in [0.05, 0.1) is 6.04 Å². The molecule has 0 aromatic carbocycles. The van der Waals surface area contributed by atoms with E-state index in [0.717, 1.165) is 6.04 Å². The van der Waals surface area contributed by atoms with Crippen molar-refractivity contribution >= 4 is 0 Å². The molecule has 2 nitrogen and oxygen atoms in total. The van der Waals surface area contributed by atoms with E-state index in [2.05, 4.69) is 48.6 Å². The first-order chi connectivity index (χ1) is 6.57. The third kappa shape index (κ3) is 0.949. The van der Waals surface area contributed by atoms with E-state index in [-0.39, 0.29) is 0 Å². The predicted molar refractivity (Wildman–Crippen MR) is 57.3 cm³/mol. The van der Waals surface area contributed by atoms with Gasteiger partial charge in [0.1, 0.15) is 0 Å². The van der Waals surface area contributed by atoms with Crippen molar-refractivity contribution < 1.29 is 0 Å². The van der Waals surface area contributed by atoms with Crippen LogP contribution < -0.4 is 0 Å². The molecule has 1 aromatic rings. The molecule has 2 aliphatic rings. The van der Waals surface area contributed by atoms with Crippen LogP contribution in [0.5, 0.6) is 0 Å². The maximum Gasteiger partial charge on any atom is 0.0526 e. The summed E-state index contributed by atoms with van der Waals surface area (Å²) < 4.78 is 2.47. The van der Waals surface area contributed by atoms with Crippen LogP contribution in [0.15, 0.2) is 18.3 Å². The average molecular weight is 190 g/mol. The lowest BCUT2D eigenvalue weighted by molar-refractivity contribution is 0.105. The summed E-state index contributed by atoms with van der Waals surface area (Å²) in [6.45, 7) is 8.19. The first-order valence-corrected chi connectivity index (χ1v) is 5.51. The molecule has 0 N–H and O–H groups in total. The zero-order valence-electron chi connectivity index (χ0n) is 9.20. The van der Waals surface area contributed by atoms with Crippen molar-refractivity contribution in [2.75, 3.05) is 6.54 Å². The molecule has 76 valence electrons. The minimum absolute atomic E-state index is 0.314. The monoisotopic (exact) mass is 190 g/mol. The van der Waals surface area contributed by atoms with Crippen molar-refractivity contribution in [2.45, 2.75) is 44.8 Å². The fourth-order valence-corrected chi connectivity index (χ4v) is 3.06. The van der Waals surface area contributed by atoms with E-state index < -0.39 is 0 Å². The van der Waals surface area contributed by atoms with E-state index in [9.17, 15) is 0 Å². The Morgan fingerprint density at radius 2 is 2.14 bits per heavy atom. The van der Waals surface area contributed by atoms with E-state index in [1.165, 1.54) is 18.7 Å². The molecule has 2 bridgehead atoms. The van der Waals surface area contributed by atoms with Crippen molar-refractivity contribution in [3.8, 4) is 0 Å². The largest absolute Gasteiger partial charge is 0.346 e. The van der Waals surface area contributed by atoms with Gasteiger partial charge in [-0.3, -0.25) is 4.90 Å². The van der Waals surface area contributed by atoms with Crippen molar-refractivity contribution in [3.63, 3.8) is 0 Å². The van der Waals surface area contributed by atoms with Crippen LogP contribution in [0.2, 0.25) is 0 Å². The average Bonchev–Trinajstić information content (AvgIpc) is 2.74. The topological polar surface area (TPSA) is 8.17 Å². The molecule has 14 heavy (non-hydrogen) atoms. The standard InChI is InChI=1S/C12H18N2/c1-12(2,3)14-8-9-7-11(14)10-5-4-6-13(9)10/h4-6,9,11H,7-8H2,1-3H3. The Labute approximate surface area is 85.5 Å². The van der Waals surface area contributed by atoms with Crippen LogP contribution in [0.1, 0.15) is 45.0 Å². The van der Waals surface area contributed by atoms with Crippen molar-refractivity contribution in [2.24, 2.45) is 0 Å². The molecule has 0 aliphatic carbocycles. The van der Waals surface area contributed by atoms with E-state index >= 15 is 0 Å². The number of rotatable bonds is 0. The Morgan fingerprint density at radius 3 is 2.86 bits per heavy atom. The second-order valence-electron chi connectivity index (χ2n) is 5.57. The summed E-state index contributed by atoms with van der Waals surface area (Å²) in [5, 5.41) is 0. The van der Waals surface area contributed by atoms with E-state index in [0.29, 0.717) is 11.6 Å². The van der Waals surface area contributed by atoms with Gasteiger partial charge in [-0.25, -0.2) is 0 Å². The van der Waals surface area contributed by atoms with E-state index in [4.69, 9.17) is 0 Å². The molecule has 0 amide bonds. The normalized spacial score (nSPS) is 31.1. The molecular formula is C12H18N2. The SMILES string of the molecule is CC(C)(C)N1CC2CC1c1cccn12. The minimum atomic E-state index is 0.314. The predicted octanol–water partition coefficient (Wildman–Crippen LogP) is 2.59. The van der Waals surface area contributed by atoms with Crippen molar-refractivity contribution in [1.82, 2.24) is 9.47 Å². The minimum Gasteiger partial charge on any atom is -0.346 e. The van der Waals surface area contributed by atoms with Gasteiger partial charge in [-0.15, -0.1) is 0 Å². The van der Waals surface area contributed by atoms with E-state index in [1.807, 2.05) is 0 Å². The summed E-state index contributed by atoms with van der Waals surface area (Å²) in [4.78, 5) is 2.65. The summed E-state index contributed by atoms with van der Waals surface area (Å²) in [7, 11) is 0. The molecule has 0 saturated carbocycles. The molecule has 0 spiro atoms. The molecule has 1 aromatic heterocycles. The Bertz CT molecular complexity index is 359. The first-order valence-electron chi connectivity index (χ1n) is 5.51. The molecule has 3 heterocycles. The smallest absolute Gasteiger partial charge is 0.0526 e. The maximum atomic E-state index is 2.65. The maximum absolute atomic E-state index is 2.65. The number of aromatic nitrogens is 1. The van der Waals surface area contributed by atoms with Gasteiger partial charge in [-0.1, -0.05) is 0 Å². The molecule has 1 fully saturated rings. The summed E-state index contributed by atoms with van der Waals surface area (Å²) >= 11 is 0. The van der Waals surface area contributed by atoms with Crippen LogP contribution in [0.3, 0.4) is 0 Å². The first kappa shape index (κ1) is 8.54. The van der Waals surface area contributed by atoms with Gasteiger partial charge in [0.2, 0.25) is 0 Å². The molecule has 0 radical (unpaired) electrons. The van der Waals surface area contributed by atoms with Crippen LogP contribution in [-0.4, -0.2) is 21.6 Å². The fraction of sp³-hybridized carbons (Fsp3) is 0.667. The van der Waals surface area contributed by atoms with Gasteiger partial charge in [0, 0.05) is 30.0 Å². The Hall–Kier alpha value is -0.760. The fourth-order valence-electron chi connectivity index (χ4n) is 3.06. The molecule has 3 rings (SSSR count). The number of nitrogens with zero attached hydrogens (tertiary/aromatic N) is 2. The zero-order valence-corrected chi connectivity index (χ0v) is 9.20. The molecular weight excluding hydrogens is 172 g/mol. The second kappa shape index (κ2) is 2.43. The third-order valence-corrected chi connectivity index (χ3v) is 3.69. The van der Waals surface area contributed by atoms with Gasteiger partial charge in [0.25, 0.3) is 0 Å². The van der Waals surface area contributed by atoms with Gasteiger partial charge in [0.15, 0.2) is 0 Å². The lowest BCUT2D eigenvalue weighted by atomic mass is 10.0. The Balaban J connectivity index is 2.00. The summed E-state index contributed by atoms with van der Waals surface area (Å²) in [6, 6.07) is 5.88. The van der Waals surface area contributed by atoms with Crippen LogP contribution >= 0.6 is 0 Å². The molecule has 2 aliphatic heterocycles. The van der Waals surface area contributed by atoms with Crippen LogP contribution in [0.4, 0.5) is 0 Å². The van der Waals surface area contributed by atoms with Crippen molar-refractivity contribution in [1.29, 1.82) is 0 Å². The zero-order chi connectivity index (χ0) is 9.92. The third-order valence-electron chi connectivity index (χ3n) is 3.69. The van der Waals surface area contributed by atoms with Crippen LogP contribution in [0.25, 0.3) is 0 Å². The highest BCUT2D eigenvalue weighted by molar-refractivity contribution is 5.23. The second-order valence-corrected chi connectivity index (χ2v) is 5.57. The van der Waals surface area contributed by atoms with Crippen molar-refractivity contribution in [3.05, 3.63) is 24.0 Å². The highest BCUT2D eigenvalue weighted by Gasteiger charge is 2.45. The Morgan fingerprint density at radius 1 is 1.36 bits per heavy atom. The van der Waals surface area contributed by atoms with Gasteiger partial charge in [-0.2, -0.15) is 0 Å². The van der Waals surface area contributed by atoms with Crippen LogP contribution in [0, 0.1) is 0 Å². The lowest BCUT2D eigenvalue weighted by Gasteiger charge is -2.39. The number of fused-ring (bicyclic) bond motifs is 5. The molecule has 2 unspecified atom stereocenters. The Kier molecular flexibility index (Phi) is 1.48. The molecule has 2 heteroatoms. The quantitative estimate of drug-likeness (QED) is 0.610. The van der Waals surface area contributed by atoms with Gasteiger partial charge in [-0.05, 0) is 39.3 Å². The van der Waals surface area contributed by atoms with E-state index in [1.54, 1.807) is 0 Å². The summed E-state index contributed by atoms with van der Waals surface area (Å²) in [5.74, 6) is 0. The summed E-state index contributed by atoms with van der Waals surface area (Å²) in [6.07, 6.45) is 3.56. The number of hydrogen-bond acceptors (Lipinski definition) is 1. The van der Waals surface area contributed by atoms with Gasteiger partial charge < -0.3 is 4.57 Å². The molecule has 2 atom stereocenters. The van der Waals surface area contributed by atoms with Gasteiger partial charge >= 0.3 is 0 Å². The highest BCUT2D eigenvalue weighted by atomic mass is 15.3. The highest BCUT2D eigenvalue weighted by Crippen LogP contribution is 2.48. The number of likely N-dealkylation sites (tertiary alicyclic amines) is 1.